The highest BCUT2D eigenvalue weighted by atomic mass is 16.7. The van der Waals surface area contributed by atoms with E-state index < -0.39 is 42.8 Å². The molecule has 27 heavy (non-hydrogen) atoms. The number of aliphatic hydroxyl groups excluding tert-OH is 3. The molecule has 1 aliphatic heterocycles. The van der Waals surface area contributed by atoms with Crippen LogP contribution in [0.1, 0.15) is 24.5 Å². The molecule has 2 rings (SSSR count). The van der Waals surface area contributed by atoms with E-state index in [9.17, 15) is 25.0 Å². The highest BCUT2D eigenvalue weighted by molar-refractivity contribution is 5.73. The average Bonchev–Trinajstić information content (AvgIpc) is 2.67. The van der Waals surface area contributed by atoms with Crippen LogP contribution in [0.4, 0.5) is 0 Å². The Labute approximate surface area is 155 Å². The van der Waals surface area contributed by atoms with E-state index in [0.717, 1.165) is 0 Å². The minimum absolute atomic E-state index is 0.358. The maximum Gasteiger partial charge on any atom is 0.335 e. The van der Waals surface area contributed by atoms with Crippen LogP contribution < -0.4 is 0 Å². The molecule has 2 heterocycles. The van der Waals surface area contributed by atoms with E-state index in [1.165, 1.54) is 12.1 Å². The SMILES string of the molecule is CN(CCCC(O[C@@H]1O[C@H](C(=O)O)[C@@H](O)[C@H](O)[C@H]1O)c1cccnc1)N=O. The van der Waals surface area contributed by atoms with Crippen molar-refractivity contribution < 1.29 is 34.7 Å². The fourth-order valence-electron chi connectivity index (χ4n) is 2.75. The fourth-order valence-corrected chi connectivity index (χ4v) is 2.75. The monoisotopic (exact) mass is 385 g/mol. The van der Waals surface area contributed by atoms with Crippen LogP contribution in [0, 0.1) is 4.91 Å². The molecule has 1 unspecified atom stereocenters. The molecule has 6 atom stereocenters. The Morgan fingerprint density at radius 3 is 2.70 bits per heavy atom. The van der Waals surface area contributed by atoms with E-state index in [0.29, 0.717) is 24.9 Å². The molecule has 11 nitrogen and oxygen atoms in total. The van der Waals surface area contributed by atoms with Crippen LogP contribution in [0.5, 0.6) is 0 Å². The van der Waals surface area contributed by atoms with Gasteiger partial charge in [-0.25, -0.2) is 4.79 Å². The van der Waals surface area contributed by atoms with E-state index in [-0.39, 0.29) is 0 Å². The maximum absolute atomic E-state index is 11.2. The lowest BCUT2D eigenvalue weighted by molar-refractivity contribution is -0.306. The first-order valence-corrected chi connectivity index (χ1v) is 8.37. The number of nitroso groups, excluding NO2 is 1. The zero-order valence-electron chi connectivity index (χ0n) is 14.7. The number of carboxylic acids is 1. The standard InChI is InChI=1S/C16H23N3O8/c1-19(18-25)7-3-5-10(9-4-2-6-17-8-9)26-16-13(22)11(20)12(21)14(27-16)15(23)24/h2,4,6,8,10-14,16,20-22H,3,5,7H2,1H3,(H,23,24)/t10?,11-,12-,13+,14-,16+/m0/s1. The number of hydrogen-bond donors (Lipinski definition) is 4. The van der Waals surface area contributed by atoms with Crippen molar-refractivity contribution in [3.05, 3.63) is 35.0 Å². The lowest BCUT2D eigenvalue weighted by Crippen LogP contribution is -2.60. The molecular formula is C16H23N3O8. The quantitative estimate of drug-likeness (QED) is 0.320. The number of rotatable bonds is 9. The van der Waals surface area contributed by atoms with Crippen molar-refractivity contribution in [1.29, 1.82) is 0 Å². The van der Waals surface area contributed by atoms with Crippen LogP contribution in [-0.4, -0.2) is 80.7 Å². The van der Waals surface area contributed by atoms with Crippen molar-refractivity contribution in [1.82, 2.24) is 9.99 Å². The number of aromatic nitrogens is 1. The van der Waals surface area contributed by atoms with Crippen molar-refractivity contribution in [2.75, 3.05) is 13.6 Å². The summed E-state index contributed by atoms with van der Waals surface area (Å²) in [6.45, 7) is 0.358. The van der Waals surface area contributed by atoms with Gasteiger partial charge in [0.05, 0.1) is 11.4 Å². The smallest absolute Gasteiger partial charge is 0.335 e. The van der Waals surface area contributed by atoms with E-state index in [4.69, 9.17) is 14.6 Å². The van der Waals surface area contributed by atoms with Gasteiger partial charge in [0.15, 0.2) is 12.4 Å². The van der Waals surface area contributed by atoms with Crippen molar-refractivity contribution in [3.63, 3.8) is 0 Å². The second-order valence-electron chi connectivity index (χ2n) is 6.25. The summed E-state index contributed by atoms with van der Waals surface area (Å²) in [6.07, 6.45) is -5.06. The summed E-state index contributed by atoms with van der Waals surface area (Å²) >= 11 is 0. The molecule has 0 saturated carbocycles. The second-order valence-corrected chi connectivity index (χ2v) is 6.25. The van der Waals surface area contributed by atoms with Gasteiger partial charge in [-0.3, -0.25) is 9.99 Å². The largest absolute Gasteiger partial charge is 0.479 e. The number of aliphatic hydroxyl groups is 3. The Bertz CT molecular complexity index is 619. The summed E-state index contributed by atoms with van der Waals surface area (Å²) in [6, 6.07) is 3.41. The lowest BCUT2D eigenvalue weighted by Gasteiger charge is -2.39. The summed E-state index contributed by atoms with van der Waals surface area (Å²) in [5.41, 5.74) is 0.641. The number of pyridine rings is 1. The van der Waals surface area contributed by atoms with Gasteiger partial charge < -0.3 is 29.9 Å². The Morgan fingerprint density at radius 1 is 1.37 bits per heavy atom. The Morgan fingerprint density at radius 2 is 2.11 bits per heavy atom. The lowest BCUT2D eigenvalue weighted by atomic mass is 9.98. The Kier molecular flexibility index (Phi) is 7.56. The predicted molar refractivity (Wildman–Crippen MR) is 90.0 cm³/mol. The zero-order chi connectivity index (χ0) is 20.0. The molecule has 150 valence electrons. The van der Waals surface area contributed by atoms with Gasteiger partial charge in [-0.05, 0) is 24.5 Å². The van der Waals surface area contributed by atoms with Crippen LogP contribution >= 0.6 is 0 Å². The van der Waals surface area contributed by atoms with Gasteiger partial charge in [0.2, 0.25) is 0 Å². The molecule has 1 fully saturated rings. The molecule has 1 aromatic rings. The van der Waals surface area contributed by atoms with Gasteiger partial charge in [-0.15, -0.1) is 4.91 Å². The van der Waals surface area contributed by atoms with Crippen molar-refractivity contribution >= 4 is 5.97 Å². The highest BCUT2D eigenvalue weighted by Gasteiger charge is 2.48. The van der Waals surface area contributed by atoms with E-state index in [1.807, 2.05) is 0 Å². The molecule has 0 radical (unpaired) electrons. The van der Waals surface area contributed by atoms with Gasteiger partial charge in [0.1, 0.15) is 18.3 Å². The van der Waals surface area contributed by atoms with Crippen LogP contribution in [0.15, 0.2) is 29.8 Å². The summed E-state index contributed by atoms with van der Waals surface area (Å²) in [5.74, 6) is -1.49. The molecule has 11 heteroatoms. The van der Waals surface area contributed by atoms with Crippen molar-refractivity contribution in [2.45, 2.75) is 49.7 Å². The fraction of sp³-hybridized carbons (Fsp3) is 0.625. The third-order valence-electron chi connectivity index (χ3n) is 4.25. The van der Waals surface area contributed by atoms with Gasteiger partial charge in [-0.1, -0.05) is 6.07 Å². The van der Waals surface area contributed by atoms with E-state index >= 15 is 0 Å². The Balaban J connectivity index is 2.12. The molecular weight excluding hydrogens is 362 g/mol. The maximum atomic E-state index is 11.2. The number of nitrogens with zero attached hydrogens (tertiary/aromatic N) is 3. The number of ether oxygens (including phenoxy) is 2. The van der Waals surface area contributed by atoms with Gasteiger partial charge in [0.25, 0.3) is 0 Å². The van der Waals surface area contributed by atoms with Gasteiger partial charge in [-0.2, -0.15) is 0 Å². The second kappa shape index (κ2) is 9.67. The predicted octanol–water partition coefficient (Wildman–Crippen LogP) is -0.575. The number of hydrogen-bond acceptors (Lipinski definition) is 9. The minimum Gasteiger partial charge on any atom is -0.479 e. The summed E-state index contributed by atoms with van der Waals surface area (Å²) in [4.78, 5) is 25.7. The molecule has 1 saturated heterocycles. The minimum atomic E-state index is -1.79. The van der Waals surface area contributed by atoms with Crippen LogP contribution in [0.3, 0.4) is 0 Å². The van der Waals surface area contributed by atoms with Crippen molar-refractivity contribution in [2.24, 2.45) is 5.29 Å². The van der Waals surface area contributed by atoms with E-state index in [2.05, 4.69) is 10.3 Å². The third kappa shape index (κ3) is 5.40. The summed E-state index contributed by atoms with van der Waals surface area (Å²) in [7, 11) is 1.52. The normalized spacial score (nSPS) is 29.1. The zero-order valence-corrected chi connectivity index (χ0v) is 14.7. The topological polar surface area (TPSA) is 162 Å². The molecule has 1 aliphatic rings. The Hall–Kier alpha value is -2.18. The summed E-state index contributed by atoms with van der Waals surface area (Å²) in [5, 5.41) is 42.9. The first-order valence-electron chi connectivity index (χ1n) is 8.37. The van der Waals surface area contributed by atoms with Gasteiger partial charge >= 0.3 is 5.97 Å². The first kappa shape index (κ1) is 21.1. The molecule has 0 bridgehead atoms. The molecule has 0 amide bonds. The first-order chi connectivity index (χ1) is 12.8. The van der Waals surface area contributed by atoms with Crippen molar-refractivity contribution in [3.8, 4) is 0 Å². The van der Waals surface area contributed by atoms with Crippen LogP contribution in [-0.2, 0) is 14.3 Å². The molecule has 0 aromatic carbocycles. The van der Waals surface area contributed by atoms with Crippen LogP contribution in [0.25, 0.3) is 0 Å². The highest BCUT2D eigenvalue weighted by Crippen LogP contribution is 2.30. The number of carbonyl (C=O) groups is 1. The van der Waals surface area contributed by atoms with Gasteiger partial charge in [0, 0.05) is 26.0 Å². The third-order valence-corrected chi connectivity index (χ3v) is 4.25. The van der Waals surface area contributed by atoms with E-state index in [1.54, 1.807) is 24.5 Å². The molecule has 0 aliphatic carbocycles. The van der Waals surface area contributed by atoms with Crippen LogP contribution in [0.2, 0.25) is 0 Å². The number of carboxylic acid groups (broad SMARTS) is 1. The molecule has 0 spiro atoms. The average molecular weight is 385 g/mol. The molecule has 4 N–H and O–H groups in total. The summed E-state index contributed by atoms with van der Waals surface area (Å²) < 4.78 is 10.9. The molecule has 1 aromatic heterocycles. The number of aliphatic carboxylic acids is 1.